The highest BCUT2D eigenvalue weighted by Crippen LogP contribution is 2.30. The van der Waals surface area contributed by atoms with Crippen molar-refractivity contribution in [3.63, 3.8) is 0 Å². The molecule has 28 heavy (non-hydrogen) atoms. The zero-order chi connectivity index (χ0) is 20.5. The van der Waals surface area contributed by atoms with E-state index in [1.165, 1.54) is 29.8 Å². The Bertz CT molecular complexity index is 1010. The third-order valence-corrected chi connectivity index (χ3v) is 6.02. The Morgan fingerprint density at radius 3 is 2.64 bits per heavy atom. The van der Waals surface area contributed by atoms with E-state index in [1.807, 2.05) is 0 Å². The maximum Gasteiger partial charge on any atom is 0.251 e. The van der Waals surface area contributed by atoms with E-state index in [4.69, 9.17) is 4.74 Å². The summed E-state index contributed by atoms with van der Waals surface area (Å²) in [6.07, 6.45) is 2.59. The molecule has 3 rings (SSSR count). The monoisotopic (exact) mass is 406 g/mol. The van der Waals surface area contributed by atoms with Crippen LogP contribution in [0.4, 0.5) is 10.1 Å². The van der Waals surface area contributed by atoms with Crippen molar-refractivity contribution < 1.29 is 22.3 Å². The van der Waals surface area contributed by atoms with Crippen LogP contribution in [0.3, 0.4) is 0 Å². The lowest BCUT2D eigenvalue weighted by Crippen LogP contribution is -2.35. The van der Waals surface area contributed by atoms with Gasteiger partial charge in [-0.15, -0.1) is 0 Å². The predicted molar refractivity (Wildman–Crippen MR) is 106 cm³/mol. The summed E-state index contributed by atoms with van der Waals surface area (Å²) in [7, 11) is -1.96. The second-order valence-electron chi connectivity index (χ2n) is 6.87. The van der Waals surface area contributed by atoms with E-state index in [0.717, 1.165) is 5.56 Å². The average molecular weight is 406 g/mol. The molecular weight excluding hydrogens is 383 g/mol. The predicted octanol–water partition coefficient (Wildman–Crippen LogP) is 3.04. The molecule has 0 fully saturated rings. The van der Waals surface area contributed by atoms with Gasteiger partial charge in [0.2, 0.25) is 10.0 Å². The summed E-state index contributed by atoms with van der Waals surface area (Å²) in [6, 6.07) is 9.15. The Kier molecular flexibility index (Phi) is 5.60. The van der Waals surface area contributed by atoms with E-state index in [0.29, 0.717) is 36.2 Å². The van der Waals surface area contributed by atoms with Crippen LogP contribution in [-0.4, -0.2) is 34.2 Å². The van der Waals surface area contributed by atoms with Crippen molar-refractivity contribution in [3.05, 3.63) is 58.9 Å². The molecule has 0 bridgehead atoms. The minimum Gasteiger partial charge on any atom is -0.494 e. The Morgan fingerprint density at radius 2 is 2.00 bits per heavy atom. The maximum atomic E-state index is 13.9. The van der Waals surface area contributed by atoms with Gasteiger partial charge in [-0.2, -0.15) is 0 Å². The second kappa shape index (κ2) is 7.79. The number of aryl methyl sites for hydroxylation is 1. The molecule has 0 unspecified atom stereocenters. The van der Waals surface area contributed by atoms with Crippen LogP contribution in [0.1, 0.15) is 40.9 Å². The lowest BCUT2D eigenvalue weighted by Gasteiger charge is -2.29. The van der Waals surface area contributed by atoms with Crippen molar-refractivity contribution in [1.82, 2.24) is 5.32 Å². The normalized spacial score (nSPS) is 14.9. The van der Waals surface area contributed by atoms with E-state index >= 15 is 0 Å². The minimum absolute atomic E-state index is 0.146. The first kappa shape index (κ1) is 20.1. The number of benzene rings is 2. The van der Waals surface area contributed by atoms with E-state index in [2.05, 4.69) is 5.32 Å². The van der Waals surface area contributed by atoms with Gasteiger partial charge in [0.05, 0.1) is 25.1 Å². The fourth-order valence-electron chi connectivity index (χ4n) is 3.36. The van der Waals surface area contributed by atoms with Crippen LogP contribution in [-0.2, 0) is 16.4 Å². The molecule has 1 atom stereocenters. The minimum atomic E-state index is -3.35. The van der Waals surface area contributed by atoms with Crippen LogP contribution in [0.2, 0.25) is 0 Å². The Morgan fingerprint density at radius 1 is 1.25 bits per heavy atom. The molecule has 0 saturated heterocycles. The molecule has 8 heteroatoms. The molecule has 0 radical (unpaired) electrons. The third kappa shape index (κ3) is 4.11. The lowest BCUT2D eigenvalue weighted by atomic mass is 10.00. The number of hydrogen-bond donors (Lipinski definition) is 1. The number of nitrogens with zero attached hydrogens (tertiary/aromatic N) is 1. The van der Waals surface area contributed by atoms with Crippen LogP contribution in [0.25, 0.3) is 0 Å². The molecule has 1 amide bonds. The molecule has 0 saturated carbocycles. The van der Waals surface area contributed by atoms with Crippen LogP contribution >= 0.6 is 0 Å². The quantitative estimate of drug-likeness (QED) is 0.828. The van der Waals surface area contributed by atoms with Gasteiger partial charge in [0.1, 0.15) is 0 Å². The molecule has 150 valence electrons. The molecule has 1 N–H and O–H groups in total. The van der Waals surface area contributed by atoms with Crippen molar-refractivity contribution in [2.45, 2.75) is 25.8 Å². The first-order valence-corrected chi connectivity index (χ1v) is 10.8. The first-order chi connectivity index (χ1) is 13.2. The second-order valence-corrected chi connectivity index (χ2v) is 8.78. The molecule has 0 aromatic heterocycles. The molecule has 1 aliphatic rings. The number of carbonyl (C=O) groups is 1. The summed E-state index contributed by atoms with van der Waals surface area (Å²) in [6.45, 7) is 2.21. The molecule has 2 aromatic carbocycles. The van der Waals surface area contributed by atoms with Crippen LogP contribution in [0.5, 0.6) is 5.75 Å². The number of halogens is 1. The van der Waals surface area contributed by atoms with Gasteiger partial charge in [-0.3, -0.25) is 9.10 Å². The number of amides is 1. The highest BCUT2D eigenvalue weighted by Gasteiger charge is 2.25. The summed E-state index contributed by atoms with van der Waals surface area (Å²) in [5, 5.41) is 2.85. The fraction of sp³-hybridized carbons (Fsp3) is 0.350. The Labute approximate surface area is 164 Å². The number of hydrogen-bond acceptors (Lipinski definition) is 4. The van der Waals surface area contributed by atoms with Gasteiger partial charge < -0.3 is 10.1 Å². The number of fused-ring (bicyclic) bond motifs is 1. The van der Waals surface area contributed by atoms with Crippen molar-refractivity contribution in [2.24, 2.45) is 0 Å². The van der Waals surface area contributed by atoms with E-state index in [-0.39, 0.29) is 11.7 Å². The fourth-order valence-corrected chi connectivity index (χ4v) is 4.36. The Balaban J connectivity index is 1.79. The standard InChI is InChI=1S/C20H23FN2O4S/c1-13(14-7-9-19(27-2)17(21)12-14)22-20(24)16-6-8-18-15(11-16)5-4-10-23(18)28(3,25)26/h6-9,11-13H,4-5,10H2,1-3H3,(H,22,24)/t13-/m0/s1. The summed E-state index contributed by atoms with van der Waals surface area (Å²) >= 11 is 0. The molecule has 1 aliphatic heterocycles. The smallest absolute Gasteiger partial charge is 0.251 e. The van der Waals surface area contributed by atoms with Gasteiger partial charge in [0.15, 0.2) is 11.6 Å². The van der Waals surface area contributed by atoms with E-state index < -0.39 is 21.9 Å². The van der Waals surface area contributed by atoms with Gasteiger partial charge in [-0.25, -0.2) is 12.8 Å². The molecule has 1 heterocycles. The van der Waals surface area contributed by atoms with Crippen LogP contribution in [0.15, 0.2) is 36.4 Å². The number of anilines is 1. The van der Waals surface area contributed by atoms with Crippen LogP contribution < -0.4 is 14.4 Å². The number of sulfonamides is 1. The number of carbonyl (C=O) groups excluding carboxylic acids is 1. The maximum absolute atomic E-state index is 13.9. The molecular formula is C20H23FN2O4S. The van der Waals surface area contributed by atoms with Gasteiger partial charge in [-0.1, -0.05) is 6.07 Å². The van der Waals surface area contributed by atoms with E-state index in [9.17, 15) is 17.6 Å². The molecule has 2 aromatic rings. The topological polar surface area (TPSA) is 75.7 Å². The molecule has 0 spiro atoms. The van der Waals surface area contributed by atoms with Gasteiger partial charge >= 0.3 is 0 Å². The molecule has 6 nitrogen and oxygen atoms in total. The lowest BCUT2D eigenvalue weighted by molar-refractivity contribution is 0.0939. The summed E-state index contributed by atoms with van der Waals surface area (Å²) < 4.78 is 44.1. The zero-order valence-electron chi connectivity index (χ0n) is 16.0. The summed E-state index contributed by atoms with van der Waals surface area (Å²) in [4.78, 5) is 12.6. The zero-order valence-corrected chi connectivity index (χ0v) is 16.8. The van der Waals surface area contributed by atoms with Crippen molar-refractivity contribution in [3.8, 4) is 5.75 Å². The van der Waals surface area contributed by atoms with Crippen molar-refractivity contribution in [2.75, 3.05) is 24.2 Å². The van der Waals surface area contributed by atoms with Crippen LogP contribution in [0, 0.1) is 5.82 Å². The number of ether oxygens (including phenoxy) is 1. The highest BCUT2D eigenvalue weighted by molar-refractivity contribution is 7.92. The van der Waals surface area contributed by atoms with Gasteiger partial charge in [-0.05, 0) is 61.2 Å². The Hall–Kier alpha value is -2.61. The van der Waals surface area contributed by atoms with Crippen molar-refractivity contribution in [1.29, 1.82) is 0 Å². The third-order valence-electron chi connectivity index (χ3n) is 4.84. The average Bonchev–Trinajstić information content (AvgIpc) is 2.66. The number of rotatable bonds is 5. The van der Waals surface area contributed by atoms with Gasteiger partial charge in [0, 0.05) is 12.1 Å². The largest absolute Gasteiger partial charge is 0.494 e. The highest BCUT2D eigenvalue weighted by atomic mass is 32.2. The SMILES string of the molecule is COc1ccc([C@H](C)NC(=O)c2ccc3c(c2)CCCN3S(C)(=O)=O)cc1F. The van der Waals surface area contributed by atoms with Gasteiger partial charge in [0.25, 0.3) is 5.91 Å². The first-order valence-electron chi connectivity index (χ1n) is 8.95. The van der Waals surface area contributed by atoms with Crippen molar-refractivity contribution >= 4 is 21.6 Å². The molecule has 0 aliphatic carbocycles. The number of nitrogens with one attached hydrogen (secondary N) is 1. The van der Waals surface area contributed by atoms with E-state index in [1.54, 1.807) is 31.2 Å². The summed E-state index contributed by atoms with van der Waals surface area (Å²) in [5.41, 5.74) is 2.51. The number of methoxy groups -OCH3 is 1. The summed E-state index contributed by atoms with van der Waals surface area (Å²) in [5.74, 6) is -0.647.